The van der Waals surface area contributed by atoms with Gasteiger partial charge in [0.05, 0.1) is 26.4 Å². The predicted octanol–water partition coefficient (Wildman–Crippen LogP) is 23.5. The Bertz CT molecular complexity index is 2130. The zero-order chi connectivity index (χ0) is 73.2. The van der Waals surface area contributed by atoms with E-state index in [2.05, 4.69) is 88.5 Å². The maximum absolute atomic E-state index is 13.1. The lowest BCUT2D eigenvalue weighted by Crippen LogP contribution is -2.30. The molecule has 5 atom stereocenters. The van der Waals surface area contributed by atoms with E-state index in [1.807, 2.05) is 0 Å². The molecule has 19 heteroatoms. The molecule has 0 aromatic rings. The van der Waals surface area contributed by atoms with E-state index in [1.54, 1.807) is 0 Å². The fourth-order valence-electron chi connectivity index (χ4n) is 11.3. The van der Waals surface area contributed by atoms with Gasteiger partial charge in [0.25, 0.3) is 0 Å². The average Bonchev–Trinajstić information content (AvgIpc) is 0.953. The van der Waals surface area contributed by atoms with Gasteiger partial charge < -0.3 is 33.8 Å². The molecule has 0 aliphatic rings. The first-order valence-electron chi connectivity index (χ1n) is 40.5. The van der Waals surface area contributed by atoms with Crippen LogP contribution in [-0.4, -0.2) is 96.7 Å². The van der Waals surface area contributed by atoms with Crippen LogP contribution in [0.15, 0.2) is 60.8 Å². The van der Waals surface area contributed by atoms with E-state index in [4.69, 9.17) is 37.0 Å². The molecule has 0 aromatic heterocycles. The highest BCUT2D eigenvalue weighted by Gasteiger charge is 2.30. The van der Waals surface area contributed by atoms with E-state index in [9.17, 15) is 43.2 Å². The topological polar surface area (TPSA) is 237 Å². The van der Waals surface area contributed by atoms with Gasteiger partial charge in [-0.05, 0) is 96.3 Å². The van der Waals surface area contributed by atoms with Crippen LogP contribution >= 0.6 is 15.6 Å². The zero-order valence-corrected chi connectivity index (χ0v) is 65.7. The summed E-state index contributed by atoms with van der Waals surface area (Å²) < 4.78 is 68.6. The quantitative estimate of drug-likeness (QED) is 0.0169. The maximum atomic E-state index is 13.1. The largest absolute Gasteiger partial charge is 0.472 e. The number of esters is 4. The van der Waals surface area contributed by atoms with Gasteiger partial charge in [0, 0.05) is 25.7 Å². The second kappa shape index (κ2) is 74.0. The van der Waals surface area contributed by atoms with Crippen molar-refractivity contribution in [2.24, 2.45) is 0 Å². The van der Waals surface area contributed by atoms with Crippen molar-refractivity contribution in [2.45, 2.75) is 393 Å². The first kappa shape index (κ1) is 96.8. The summed E-state index contributed by atoms with van der Waals surface area (Å²) in [6.45, 7) is 4.86. The van der Waals surface area contributed by atoms with E-state index in [1.165, 1.54) is 141 Å². The Balaban J connectivity index is 5.29. The summed E-state index contributed by atoms with van der Waals surface area (Å²) >= 11 is 0. The molecule has 0 bridgehead atoms. The Labute approximate surface area is 610 Å². The number of carbonyl (C=O) groups is 4. The van der Waals surface area contributed by atoms with Gasteiger partial charge >= 0.3 is 39.5 Å². The number of phosphoric acid groups is 2. The molecule has 584 valence electrons. The fourth-order valence-corrected chi connectivity index (χ4v) is 12.8. The van der Waals surface area contributed by atoms with Gasteiger partial charge in [0.1, 0.15) is 19.3 Å². The van der Waals surface area contributed by atoms with Crippen molar-refractivity contribution in [2.75, 3.05) is 39.6 Å². The van der Waals surface area contributed by atoms with E-state index in [0.717, 1.165) is 154 Å². The summed E-state index contributed by atoms with van der Waals surface area (Å²) in [7, 11) is -9.94. The molecule has 5 unspecified atom stereocenters. The number of carbonyl (C=O) groups excluding carboxylic acids is 4. The summed E-state index contributed by atoms with van der Waals surface area (Å²) in [6.07, 6.45) is 73.3. The van der Waals surface area contributed by atoms with Crippen molar-refractivity contribution in [1.82, 2.24) is 0 Å². The van der Waals surface area contributed by atoms with Gasteiger partial charge in [-0.2, -0.15) is 0 Å². The van der Waals surface area contributed by atoms with Crippen molar-refractivity contribution in [3.8, 4) is 0 Å². The first-order valence-corrected chi connectivity index (χ1v) is 43.5. The molecular weight excluding hydrogens is 1310 g/mol. The number of hydrogen-bond donors (Lipinski definition) is 3. The Kier molecular flexibility index (Phi) is 71.6. The summed E-state index contributed by atoms with van der Waals surface area (Å²) in [4.78, 5) is 73.0. The minimum atomic E-state index is -4.97. The Hall–Kier alpha value is -3.24. The molecule has 0 heterocycles. The molecule has 100 heavy (non-hydrogen) atoms. The minimum Gasteiger partial charge on any atom is -0.462 e. The number of allylic oxidation sites excluding steroid dienone is 10. The number of ether oxygens (including phenoxy) is 4. The minimum absolute atomic E-state index is 0.0976. The van der Waals surface area contributed by atoms with Crippen LogP contribution in [0, 0.1) is 0 Å². The molecular formula is C81H148O17P2. The lowest BCUT2D eigenvalue weighted by Gasteiger charge is -2.21. The Morgan fingerprint density at radius 1 is 0.280 bits per heavy atom. The molecule has 0 aromatic carbocycles. The van der Waals surface area contributed by atoms with Crippen molar-refractivity contribution >= 4 is 39.5 Å². The summed E-state index contributed by atoms with van der Waals surface area (Å²) in [5, 5.41) is 10.6. The zero-order valence-electron chi connectivity index (χ0n) is 63.9. The van der Waals surface area contributed by atoms with E-state index in [-0.39, 0.29) is 25.7 Å². The van der Waals surface area contributed by atoms with Gasteiger partial charge in [-0.3, -0.25) is 37.3 Å². The molecule has 17 nitrogen and oxygen atoms in total. The number of unbranched alkanes of at least 4 members (excludes halogenated alkanes) is 41. The van der Waals surface area contributed by atoms with Crippen molar-refractivity contribution in [3.63, 3.8) is 0 Å². The highest BCUT2D eigenvalue weighted by molar-refractivity contribution is 7.47. The monoisotopic (exact) mass is 1460 g/mol. The van der Waals surface area contributed by atoms with E-state index < -0.39 is 97.5 Å². The van der Waals surface area contributed by atoms with Gasteiger partial charge in [-0.1, -0.05) is 313 Å². The third-order valence-electron chi connectivity index (χ3n) is 17.5. The lowest BCUT2D eigenvalue weighted by atomic mass is 10.0. The fraction of sp³-hybridized carbons (Fsp3) is 0.827. The molecule has 0 aliphatic heterocycles. The lowest BCUT2D eigenvalue weighted by molar-refractivity contribution is -0.161. The molecule has 0 rings (SSSR count). The predicted molar refractivity (Wildman–Crippen MR) is 409 cm³/mol. The smallest absolute Gasteiger partial charge is 0.462 e. The number of aliphatic hydroxyl groups excluding tert-OH is 1. The van der Waals surface area contributed by atoms with Crippen LogP contribution in [0.3, 0.4) is 0 Å². The van der Waals surface area contributed by atoms with Crippen molar-refractivity contribution in [3.05, 3.63) is 60.8 Å². The molecule has 0 radical (unpaired) electrons. The van der Waals surface area contributed by atoms with Crippen LogP contribution in [-0.2, 0) is 65.4 Å². The van der Waals surface area contributed by atoms with Crippen LogP contribution in [0.2, 0.25) is 0 Å². The number of aliphatic hydroxyl groups is 1. The molecule has 0 spiro atoms. The van der Waals surface area contributed by atoms with Crippen molar-refractivity contribution < 1.29 is 80.2 Å². The molecule has 0 amide bonds. The van der Waals surface area contributed by atoms with Crippen LogP contribution in [0.25, 0.3) is 0 Å². The molecule has 0 saturated carbocycles. The summed E-state index contributed by atoms with van der Waals surface area (Å²) in [6, 6.07) is 0. The summed E-state index contributed by atoms with van der Waals surface area (Å²) in [5.74, 6) is -2.17. The van der Waals surface area contributed by atoms with E-state index >= 15 is 0 Å². The SMILES string of the molecule is CCCCC/C=C\C/C=C\C/C=C\CCCCCCCCC(=O)OCC(COP(=O)(O)OCC(O)COP(=O)(O)OCC(COC(=O)CCCCCCC/C=C\C/C=C\CCCCC)OC(=O)CCCCCCCCCCCCCCCCC)OC(=O)CCCCCCCCCCCCC. The van der Waals surface area contributed by atoms with E-state index in [0.29, 0.717) is 25.7 Å². The van der Waals surface area contributed by atoms with Crippen molar-refractivity contribution in [1.29, 1.82) is 0 Å². The third kappa shape index (κ3) is 73.1. The molecule has 3 N–H and O–H groups in total. The van der Waals surface area contributed by atoms with Crippen LogP contribution in [0.1, 0.15) is 374 Å². The molecule has 0 aliphatic carbocycles. The number of rotatable bonds is 77. The van der Waals surface area contributed by atoms with Crippen LogP contribution in [0.5, 0.6) is 0 Å². The maximum Gasteiger partial charge on any atom is 0.472 e. The van der Waals surface area contributed by atoms with Crippen LogP contribution < -0.4 is 0 Å². The number of hydrogen-bond acceptors (Lipinski definition) is 15. The number of phosphoric ester groups is 2. The highest BCUT2D eigenvalue weighted by Crippen LogP contribution is 2.45. The van der Waals surface area contributed by atoms with Gasteiger partial charge in [0.2, 0.25) is 0 Å². The second-order valence-electron chi connectivity index (χ2n) is 27.4. The third-order valence-corrected chi connectivity index (χ3v) is 19.4. The van der Waals surface area contributed by atoms with Gasteiger partial charge in [0.15, 0.2) is 12.2 Å². The van der Waals surface area contributed by atoms with Gasteiger partial charge in [-0.15, -0.1) is 0 Å². The highest BCUT2D eigenvalue weighted by atomic mass is 31.2. The standard InChI is InChI=1S/C81H148O17P2/c1-5-9-13-17-21-25-29-32-35-36-37-38-41-43-47-50-54-58-62-66-79(84)91-71-76(97-80(85)67-63-59-55-51-45-28-24-20-16-12-8-4)73-95-99(87,88)93-69-75(82)70-94-100(89,90)96-74-77(98-81(86)68-64-60-56-52-48-44-40-34-31-27-23-19-15-11-7-3)72-92-78(83)65-61-57-53-49-46-42-39-33-30-26-22-18-14-10-6-2/h21-22,25-26,32-33,35,37-39,75-77,82H,5-20,23-24,27-31,34,36,40-74H2,1-4H3,(H,87,88)(H,89,90)/b25-21-,26-22-,35-32-,38-37-,39-33-. The molecule has 0 fully saturated rings. The Morgan fingerprint density at radius 3 is 0.770 bits per heavy atom. The Morgan fingerprint density at radius 2 is 0.490 bits per heavy atom. The summed E-state index contributed by atoms with van der Waals surface area (Å²) in [5.41, 5.74) is 0. The second-order valence-corrected chi connectivity index (χ2v) is 30.3. The first-order chi connectivity index (χ1) is 48.7. The molecule has 0 saturated heterocycles. The normalized spacial score (nSPS) is 14.2. The average molecular weight is 1460 g/mol. The van der Waals surface area contributed by atoms with Crippen LogP contribution in [0.4, 0.5) is 0 Å². The van der Waals surface area contributed by atoms with Gasteiger partial charge in [-0.25, -0.2) is 9.13 Å².